The predicted octanol–water partition coefficient (Wildman–Crippen LogP) is 3.23. The molecule has 0 radical (unpaired) electrons. The van der Waals surface area contributed by atoms with Gasteiger partial charge in [0, 0.05) is 38.8 Å². The monoisotopic (exact) mass is 330 g/mol. The molecule has 3 rings (SSSR count). The van der Waals surface area contributed by atoms with Crippen LogP contribution in [0.2, 0.25) is 0 Å². The second-order valence-corrected chi connectivity index (χ2v) is 6.18. The molecule has 1 fully saturated rings. The van der Waals surface area contributed by atoms with Crippen molar-refractivity contribution in [2.75, 3.05) is 26.2 Å². The van der Waals surface area contributed by atoms with Crippen molar-refractivity contribution in [3.63, 3.8) is 0 Å². The molecule has 0 aromatic heterocycles. The summed E-state index contributed by atoms with van der Waals surface area (Å²) in [6.07, 6.45) is 0. The summed E-state index contributed by atoms with van der Waals surface area (Å²) in [6, 6.07) is 11.4. The first-order valence-corrected chi connectivity index (χ1v) is 8.05. The Labute approximate surface area is 140 Å². The van der Waals surface area contributed by atoms with E-state index in [1.54, 1.807) is 4.90 Å². The zero-order valence-corrected chi connectivity index (χ0v) is 13.6. The minimum Gasteiger partial charge on any atom is -0.336 e. The smallest absolute Gasteiger partial charge is 0.256 e. The number of hydrogen-bond donors (Lipinski definition) is 0. The van der Waals surface area contributed by atoms with E-state index < -0.39 is 11.6 Å². The normalized spacial score (nSPS) is 15.5. The van der Waals surface area contributed by atoms with Gasteiger partial charge in [0.1, 0.15) is 11.6 Å². The molecule has 0 spiro atoms. The fourth-order valence-corrected chi connectivity index (χ4v) is 3.01. The van der Waals surface area contributed by atoms with Gasteiger partial charge in [0.25, 0.3) is 5.91 Å². The summed E-state index contributed by atoms with van der Waals surface area (Å²) in [5.74, 6) is -1.85. The lowest BCUT2D eigenvalue weighted by Crippen LogP contribution is -2.48. The third-order valence-corrected chi connectivity index (χ3v) is 4.31. The average molecular weight is 330 g/mol. The van der Waals surface area contributed by atoms with Gasteiger partial charge in [-0.1, -0.05) is 29.8 Å². The number of amides is 1. The van der Waals surface area contributed by atoms with Crippen molar-refractivity contribution >= 4 is 5.91 Å². The molecular formula is C19H20F2N2O. The highest BCUT2D eigenvalue weighted by atomic mass is 19.1. The number of rotatable bonds is 3. The number of aryl methyl sites for hydroxylation is 1. The second-order valence-electron chi connectivity index (χ2n) is 6.18. The molecule has 5 heteroatoms. The van der Waals surface area contributed by atoms with Crippen molar-refractivity contribution in [1.82, 2.24) is 9.80 Å². The van der Waals surface area contributed by atoms with Crippen LogP contribution in [-0.2, 0) is 6.54 Å². The quantitative estimate of drug-likeness (QED) is 0.863. The number of piperazine rings is 1. The van der Waals surface area contributed by atoms with Gasteiger partial charge in [-0.2, -0.15) is 0 Å². The Hall–Kier alpha value is -2.27. The Balaban J connectivity index is 1.59. The van der Waals surface area contributed by atoms with Crippen molar-refractivity contribution in [3.8, 4) is 0 Å². The minimum absolute atomic E-state index is 0.0662. The van der Waals surface area contributed by atoms with Crippen LogP contribution in [0.25, 0.3) is 0 Å². The van der Waals surface area contributed by atoms with E-state index in [0.717, 1.165) is 31.8 Å². The van der Waals surface area contributed by atoms with Crippen LogP contribution in [-0.4, -0.2) is 41.9 Å². The van der Waals surface area contributed by atoms with Gasteiger partial charge in [0.05, 0.1) is 5.56 Å². The molecular weight excluding hydrogens is 310 g/mol. The van der Waals surface area contributed by atoms with Crippen molar-refractivity contribution in [1.29, 1.82) is 0 Å². The van der Waals surface area contributed by atoms with E-state index in [4.69, 9.17) is 0 Å². The molecule has 1 saturated heterocycles. The maximum absolute atomic E-state index is 13.8. The van der Waals surface area contributed by atoms with Crippen LogP contribution < -0.4 is 0 Å². The lowest BCUT2D eigenvalue weighted by molar-refractivity contribution is 0.0624. The summed E-state index contributed by atoms with van der Waals surface area (Å²) in [5.41, 5.74) is 2.41. The molecule has 2 aromatic rings. The lowest BCUT2D eigenvalue weighted by atomic mass is 10.1. The molecule has 0 aliphatic carbocycles. The van der Waals surface area contributed by atoms with Crippen molar-refractivity contribution in [2.45, 2.75) is 13.5 Å². The number of nitrogens with zero attached hydrogens (tertiary/aromatic N) is 2. The number of benzene rings is 2. The number of halogens is 2. The predicted molar refractivity (Wildman–Crippen MR) is 88.7 cm³/mol. The van der Waals surface area contributed by atoms with Gasteiger partial charge in [-0.15, -0.1) is 0 Å². The molecule has 1 heterocycles. The van der Waals surface area contributed by atoms with E-state index in [0.29, 0.717) is 13.1 Å². The number of carbonyl (C=O) groups is 1. The van der Waals surface area contributed by atoms with Crippen LogP contribution in [0.4, 0.5) is 8.78 Å². The van der Waals surface area contributed by atoms with Crippen LogP contribution in [0.5, 0.6) is 0 Å². The Morgan fingerprint density at radius 1 is 1.04 bits per heavy atom. The molecule has 0 atom stereocenters. The molecule has 0 unspecified atom stereocenters. The molecule has 3 nitrogen and oxygen atoms in total. The Bertz CT molecular complexity index is 740. The first-order valence-electron chi connectivity index (χ1n) is 8.05. The Kier molecular flexibility index (Phi) is 4.90. The van der Waals surface area contributed by atoms with Gasteiger partial charge >= 0.3 is 0 Å². The third-order valence-electron chi connectivity index (χ3n) is 4.31. The van der Waals surface area contributed by atoms with Crippen LogP contribution >= 0.6 is 0 Å². The molecule has 0 bridgehead atoms. The highest BCUT2D eigenvalue weighted by molar-refractivity contribution is 5.94. The first-order chi connectivity index (χ1) is 11.5. The van der Waals surface area contributed by atoms with Crippen LogP contribution in [0.3, 0.4) is 0 Å². The molecule has 1 aliphatic rings. The average Bonchev–Trinajstić information content (AvgIpc) is 2.55. The highest BCUT2D eigenvalue weighted by Crippen LogP contribution is 2.15. The van der Waals surface area contributed by atoms with E-state index in [-0.39, 0.29) is 11.5 Å². The Morgan fingerprint density at radius 3 is 2.46 bits per heavy atom. The van der Waals surface area contributed by atoms with E-state index in [2.05, 4.69) is 30.0 Å². The summed E-state index contributed by atoms with van der Waals surface area (Å²) in [6.45, 7) is 5.47. The first kappa shape index (κ1) is 16.6. The molecule has 1 amide bonds. The second kappa shape index (κ2) is 7.09. The standard InChI is InChI=1S/C19H20F2N2O/c1-14-3-2-4-15(11-14)13-22-7-9-23(10-8-22)19(24)17-6-5-16(20)12-18(17)21/h2-6,11-12H,7-10,13H2,1H3. The summed E-state index contributed by atoms with van der Waals surface area (Å²) in [4.78, 5) is 16.3. The van der Waals surface area contributed by atoms with E-state index >= 15 is 0 Å². The van der Waals surface area contributed by atoms with Gasteiger partial charge in [-0.05, 0) is 24.6 Å². The molecule has 126 valence electrons. The van der Waals surface area contributed by atoms with Crippen LogP contribution in [0.15, 0.2) is 42.5 Å². The van der Waals surface area contributed by atoms with Crippen molar-refractivity contribution in [3.05, 3.63) is 70.8 Å². The largest absolute Gasteiger partial charge is 0.336 e. The fraction of sp³-hybridized carbons (Fsp3) is 0.316. The summed E-state index contributed by atoms with van der Waals surface area (Å²) in [5, 5.41) is 0. The summed E-state index contributed by atoms with van der Waals surface area (Å²) < 4.78 is 26.7. The topological polar surface area (TPSA) is 23.6 Å². The molecule has 2 aromatic carbocycles. The SMILES string of the molecule is Cc1cccc(CN2CCN(C(=O)c3ccc(F)cc3F)CC2)c1. The van der Waals surface area contributed by atoms with Crippen LogP contribution in [0.1, 0.15) is 21.5 Å². The molecule has 0 saturated carbocycles. The van der Waals surface area contributed by atoms with Gasteiger partial charge in [0.15, 0.2) is 0 Å². The molecule has 1 aliphatic heterocycles. The highest BCUT2D eigenvalue weighted by Gasteiger charge is 2.24. The van der Waals surface area contributed by atoms with E-state index in [9.17, 15) is 13.6 Å². The van der Waals surface area contributed by atoms with Gasteiger partial charge in [0.2, 0.25) is 0 Å². The zero-order valence-electron chi connectivity index (χ0n) is 13.6. The van der Waals surface area contributed by atoms with Crippen LogP contribution in [0, 0.1) is 18.6 Å². The summed E-state index contributed by atoms with van der Waals surface area (Å²) >= 11 is 0. The molecule has 0 N–H and O–H groups in total. The van der Waals surface area contributed by atoms with Gasteiger partial charge in [-0.25, -0.2) is 8.78 Å². The maximum Gasteiger partial charge on any atom is 0.256 e. The number of hydrogen-bond acceptors (Lipinski definition) is 2. The molecule has 24 heavy (non-hydrogen) atoms. The van der Waals surface area contributed by atoms with Gasteiger partial charge in [-0.3, -0.25) is 9.69 Å². The summed E-state index contributed by atoms with van der Waals surface area (Å²) in [7, 11) is 0. The van der Waals surface area contributed by atoms with Gasteiger partial charge < -0.3 is 4.90 Å². The zero-order chi connectivity index (χ0) is 17.1. The van der Waals surface area contributed by atoms with E-state index in [1.807, 2.05) is 6.07 Å². The Morgan fingerprint density at radius 2 is 1.79 bits per heavy atom. The van der Waals surface area contributed by atoms with E-state index in [1.165, 1.54) is 17.2 Å². The fourth-order valence-electron chi connectivity index (χ4n) is 3.01. The maximum atomic E-state index is 13.8. The van der Waals surface area contributed by atoms with Crippen molar-refractivity contribution in [2.24, 2.45) is 0 Å². The lowest BCUT2D eigenvalue weighted by Gasteiger charge is -2.34. The minimum atomic E-state index is -0.804. The third kappa shape index (κ3) is 3.79. The van der Waals surface area contributed by atoms with Crippen molar-refractivity contribution < 1.29 is 13.6 Å². The number of carbonyl (C=O) groups excluding carboxylic acids is 1.